The number of nitrogens with two attached hydrogens (primary N) is 1. The summed E-state index contributed by atoms with van der Waals surface area (Å²) in [5, 5.41) is 4.93. The molecule has 3 aromatic carbocycles. The van der Waals surface area contributed by atoms with Crippen LogP contribution in [-0.4, -0.2) is 36.3 Å². The van der Waals surface area contributed by atoms with E-state index in [1.165, 1.54) is 11.4 Å². The van der Waals surface area contributed by atoms with E-state index in [2.05, 4.69) is 15.3 Å². The molecule has 9 nitrogen and oxygen atoms in total. The van der Waals surface area contributed by atoms with Gasteiger partial charge in [0.1, 0.15) is 5.82 Å². The molecule has 5 aromatic rings. The quantitative estimate of drug-likeness (QED) is 0.272. The van der Waals surface area contributed by atoms with E-state index >= 15 is 0 Å². The first kappa shape index (κ1) is 27.2. The Balaban J connectivity index is 1.63. The van der Waals surface area contributed by atoms with Gasteiger partial charge >= 0.3 is 0 Å². The summed E-state index contributed by atoms with van der Waals surface area (Å²) in [6.45, 7) is 1.92. The van der Waals surface area contributed by atoms with Crippen LogP contribution in [0.15, 0.2) is 89.9 Å². The number of rotatable bonds is 7. The minimum atomic E-state index is -3.46. The van der Waals surface area contributed by atoms with Gasteiger partial charge in [-0.1, -0.05) is 54.1 Å². The second kappa shape index (κ2) is 10.6. The highest BCUT2D eigenvalue weighted by atomic mass is 35.5. The number of benzene rings is 3. The molecule has 40 heavy (non-hydrogen) atoms. The number of halogens is 1. The van der Waals surface area contributed by atoms with E-state index in [9.17, 15) is 13.2 Å². The van der Waals surface area contributed by atoms with Crippen molar-refractivity contribution in [3.8, 4) is 16.8 Å². The molecular weight excluding hydrogens is 548 g/mol. The average molecular weight is 575 g/mol. The Kier molecular flexibility index (Phi) is 7.22. The lowest BCUT2D eigenvalue weighted by molar-refractivity contribution is 0.600. The Morgan fingerprint density at radius 1 is 1.02 bits per heavy atom. The van der Waals surface area contributed by atoms with Gasteiger partial charge in [0.25, 0.3) is 5.56 Å². The van der Waals surface area contributed by atoms with Gasteiger partial charge in [-0.3, -0.25) is 13.7 Å². The first-order valence-corrected chi connectivity index (χ1v) is 14.6. The van der Waals surface area contributed by atoms with Crippen LogP contribution in [0.3, 0.4) is 0 Å². The van der Waals surface area contributed by atoms with E-state index < -0.39 is 16.1 Å². The molecule has 3 N–H and O–H groups in total. The van der Waals surface area contributed by atoms with Crippen LogP contribution in [0.1, 0.15) is 18.7 Å². The van der Waals surface area contributed by atoms with Gasteiger partial charge < -0.3 is 11.1 Å². The lowest BCUT2D eigenvalue weighted by Crippen LogP contribution is -2.26. The highest BCUT2D eigenvalue weighted by molar-refractivity contribution is 7.92. The molecule has 0 amide bonds. The molecule has 0 aliphatic carbocycles. The van der Waals surface area contributed by atoms with Crippen LogP contribution in [-0.2, 0) is 10.0 Å². The van der Waals surface area contributed by atoms with Crippen LogP contribution in [0, 0.1) is 0 Å². The lowest BCUT2D eigenvalue weighted by atomic mass is 10.1. The number of fused-ring (bicyclic) bond motifs is 1. The van der Waals surface area contributed by atoms with Gasteiger partial charge in [-0.05, 0) is 54.3 Å². The number of pyridine rings is 1. The Morgan fingerprint density at radius 3 is 2.48 bits per heavy atom. The third-order valence-corrected chi connectivity index (χ3v) is 8.18. The van der Waals surface area contributed by atoms with Gasteiger partial charge in [0.2, 0.25) is 16.0 Å². The van der Waals surface area contributed by atoms with Crippen molar-refractivity contribution >= 4 is 49.9 Å². The minimum Gasteiger partial charge on any atom is -0.368 e. The number of nitrogen functional groups attached to an aromatic ring is 1. The zero-order valence-corrected chi connectivity index (χ0v) is 23.6. The summed E-state index contributed by atoms with van der Waals surface area (Å²) in [6, 6.07) is 23.2. The number of anilines is 3. The van der Waals surface area contributed by atoms with E-state index in [-0.39, 0.29) is 11.5 Å². The zero-order valence-electron chi connectivity index (χ0n) is 22.0. The number of nitrogens with one attached hydrogen (secondary N) is 1. The fraction of sp³-hybridized carbons (Fsp3) is 0.138. The lowest BCUT2D eigenvalue weighted by Gasteiger charge is -2.23. The summed E-state index contributed by atoms with van der Waals surface area (Å²) in [6.07, 6.45) is 2.73. The molecule has 0 saturated heterocycles. The molecular formula is C29H27ClN6O3S. The molecule has 0 saturated carbocycles. The standard InChI is InChI=1S/C29H27ClN6O3S/c1-18(25-16-20-10-8-14-24(30)26(20)28(37)36(25)21-11-5-4-6-12-21)33-27-23(17-32-29(31)34-27)19-9-7-13-22(15-19)35(2)40(3,38)39/h4-18H,1-3H3,(H3,31,32,33,34). The van der Waals surface area contributed by atoms with Crippen molar-refractivity contribution in [2.24, 2.45) is 0 Å². The Bertz CT molecular complexity index is 1890. The summed E-state index contributed by atoms with van der Waals surface area (Å²) < 4.78 is 27.1. The van der Waals surface area contributed by atoms with Gasteiger partial charge in [-0.25, -0.2) is 13.4 Å². The molecule has 1 unspecified atom stereocenters. The largest absolute Gasteiger partial charge is 0.368 e. The maximum absolute atomic E-state index is 13.8. The third kappa shape index (κ3) is 5.23. The monoisotopic (exact) mass is 574 g/mol. The van der Waals surface area contributed by atoms with Crippen molar-refractivity contribution in [2.45, 2.75) is 13.0 Å². The van der Waals surface area contributed by atoms with E-state index in [1.807, 2.05) is 61.5 Å². The van der Waals surface area contributed by atoms with Gasteiger partial charge in [0.05, 0.1) is 28.4 Å². The number of hydrogen-bond donors (Lipinski definition) is 2. The van der Waals surface area contributed by atoms with Crippen molar-refractivity contribution < 1.29 is 8.42 Å². The normalized spacial score (nSPS) is 12.3. The smallest absolute Gasteiger partial charge is 0.264 e. The van der Waals surface area contributed by atoms with Crippen LogP contribution >= 0.6 is 11.6 Å². The van der Waals surface area contributed by atoms with Crippen LogP contribution < -0.4 is 20.9 Å². The van der Waals surface area contributed by atoms with Crippen LogP contribution in [0.25, 0.3) is 27.6 Å². The predicted molar refractivity (Wildman–Crippen MR) is 162 cm³/mol. The molecule has 0 radical (unpaired) electrons. The minimum absolute atomic E-state index is 0.0635. The molecule has 0 bridgehead atoms. The first-order valence-electron chi connectivity index (χ1n) is 12.4. The van der Waals surface area contributed by atoms with Crippen molar-refractivity contribution in [3.05, 3.63) is 106 Å². The Morgan fingerprint density at radius 2 is 1.75 bits per heavy atom. The van der Waals surface area contributed by atoms with Crippen molar-refractivity contribution in [3.63, 3.8) is 0 Å². The highest BCUT2D eigenvalue weighted by Gasteiger charge is 2.20. The first-order chi connectivity index (χ1) is 19.0. The topological polar surface area (TPSA) is 123 Å². The maximum Gasteiger partial charge on any atom is 0.264 e. The third-order valence-electron chi connectivity index (χ3n) is 6.66. The van der Waals surface area contributed by atoms with E-state index in [0.29, 0.717) is 49.8 Å². The number of aromatic nitrogens is 3. The van der Waals surface area contributed by atoms with Gasteiger partial charge in [-0.2, -0.15) is 4.98 Å². The molecule has 2 aromatic heterocycles. The van der Waals surface area contributed by atoms with Gasteiger partial charge in [-0.15, -0.1) is 0 Å². The predicted octanol–water partition coefficient (Wildman–Crippen LogP) is 5.25. The highest BCUT2D eigenvalue weighted by Crippen LogP contribution is 2.33. The Labute approximate surface area is 236 Å². The molecule has 0 aliphatic rings. The van der Waals surface area contributed by atoms with E-state index in [1.54, 1.807) is 35.0 Å². The molecule has 204 valence electrons. The van der Waals surface area contributed by atoms with E-state index in [4.69, 9.17) is 17.3 Å². The SMILES string of the molecule is CC(Nc1nc(N)ncc1-c1cccc(N(C)S(C)(=O)=O)c1)c1cc2cccc(Cl)c2c(=O)n1-c1ccccc1. The molecule has 5 rings (SSSR count). The molecule has 1 atom stereocenters. The van der Waals surface area contributed by atoms with Crippen LogP contribution in [0.5, 0.6) is 0 Å². The Hall–Kier alpha value is -4.41. The zero-order chi connectivity index (χ0) is 28.6. The summed E-state index contributed by atoms with van der Waals surface area (Å²) in [5.41, 5.74) is 8.89. The second-order valence-corrected chi connectivity index (χ2v) is 11.8. The summed E-state index contributed by atoms with van der Waals surface area (Å²) >= 11 is 6.45. The van der Waals surface area contributed by atoms with Gasteiger partial charge in [0, 0.05) is 30.2 Å². The molecule has 0 aliphatic heterocycles. The fourth-order valence-electron chi connectivity index (χ4n) is 4.56. The average Bonchev–Trinajstić information content (AvgIpc) is 2.92. The molecule has 2 heterocycles. The summed E-state index contributed by atoms with van der Waals surface area (Å²) in [4.78, 5) is 22.4. The number of sulfonamides is 1. The number of para-hydroxylation sites is 1. The van der Waals surface area contributed by atoms with Gasteiger partial charge in [0.15, 0.2) is 0 Å². The molecule has 0 spiro atoms. The maximum atomic E-state index is 13.8. The second-order valence-electron chi connectivity index (χ2n) is 9.39. The number of nitrogens with zero attached hydrogens (tertiary/aromatic N) is 4. The van der Waals surface area contributed by atoms with E-state index in [0.717, 1.165) is 6.26 Å². The molecule has 11 heteroatoms. The van der Waals surface area contributed by atoms with Crippen molar-refractivity contribution in [2.75, 3.05) is 28.7 Å². The number of hydrogen-bond acceptors (Lipinski definition) is 7. The summed E-state index contributed by atoms with van der Waals surface area (Å²) in [7, 11) is -1.97. The van der Waals surface area contributed by atoms with Crippen molar-refractivity contribution in [1.82, 2.24) is 14.5 Å². The van der Waals surface area contributed by atoms with Crippen LogP contribution in [0.4, 0.5) is 17.5 Å². The fourth-order valence-corrected chi connectivity index (χ4v) is 5.32. The van der Waals surface area contributed by atoms with Crippen molar-refractivity contribution in [1.29, 1.82) is 0 Å². The van der Waals surface area contributed by atoms with Crippen LogP contribution in [0.2, 0.25) is 5.02 Å². The molecule has 0 fully saturated rings. The summed E-state index contributed by atoms with van der Waals surface area (Å²) in [5.74, 6) is 0.492.